The molecule has 34 heavy (non-hydrogen) atoms. The highest BCUT2D eigenvalue weighted by molar-refractivity contribution is 7.11. The molecule has 0 saturated carbocycles. The molecule has 1 saturated heterocycles. The summed E-state index contributed by atoms with van der Waals surface area (Å²) < 4.78 is 54.7. The summed E-state index contributed by atoms with van der Waals surface area (Å²) in [7, 11) is 0. The number of ether oxygens (including phenoxy) is 1. The van der Waals surface area contributed by atoms with Crippen molar-refractivity contribution in [2.75, 3.05) is 19.7 Å². The molecule has 1 amide bonds. The van der Waals surface area contributed by atoms with Gasteiger partial charge in [-0.15, -0.1) is 11.3 Å². The number of amidine groups is 1. The lowest BCUT2D eigenvalue weighted by molar-refractivity contribution is -0.174. The minimum absolute atomic E-state index is 0.0551. The van der Waals surface area contributed by atoms with Crippen LogP contribution in [0, 0.1) is 5.82 Å². The Morgan fingerprint density at radius 3 is 2.68 bits per heavy atom. The van der Waals surface area contributed by atoms with Crippen molar-refractivity contribution in [1.29, 1.82) is 0 Å². The number of fused-ring (bicyclic) bond motifs is 1. The Kier molecular flexibility index (Phi) is 8.26. The summed E-state index contributed by atoms with van der Waals surface area (Å²) in [4.78, 5) is 33.6. The molecule has 1 N–H and O–H groups in total. The molecular formula is C21H19ClF4N4O3S. The molecule has 13 heteroatoms. The predicted molar refractivity (Wildman–Crippen MR) is 118 cm³/mol. The van der Waals surface area contributed by atoms with Crippen molar-refractivity contribution in [1.82, 2.24) is 15.2 Å². The SMILES string of the molecule is CCOC(=O)C1=C2CC(NC(=O)C(F)(F)F)CN2C(c2nccs2)=NC1.Fc1cccc(Cl)c1. The van der Waals surface area contributed by atoms with E-state index in [1.54, 1.807) is 35.5 Å². The number of esters is 1. The van der Waals surface area contributed by atoms with Crippen LogP contribution in [0.2, 0.25) is 5.02 Å². The Labute approximate surface area is 201 Å². The van der Waals surface area contributed by atoms with Crippen LogP contribution >= 0.6 is 22.9 Å². The fourth-order valence-electron chi connectivity index (χ4n) is 3.31. The molecule has 1 aromatic heterocycles. The van der Waals surface area contributed by atoms with E-state index in [2.05, 4.69) is 9.98 Å². The van der Waals surface area contributed by atoms with Gasteiger partial charge in [0.2, 0.25) is 0 Å². The number of nitrogens with one attached hydrogen (secondary N) is 1. The van der Waals surface area contributed by atoms with Crippen molar-refractivity contribution in [2.24, 2.45) is 4.99 Å². The number of aliphatic imine (C=N–C) groups is 1. The minimum atomic E-state index is -4.96. The van der Waals surface area contributed by atoms with Gasteiger partial charge < -0.3 is 15.0 Å². The van der Waals surface area contributed by atoms with Crippen LogP contribution in [0.5, 0.6) is 0 Å². The number of thiazole rings is 1. The molecule has 182 valence electrons. The first-order valence-corrected chi connectivity index (χ1v) is 11.3. The second-order valence-corrected chi connectivity index (χ2v) is 8.38. The van der Waals surface area contributed by atoms with Gasteiger partial charge >= 0.3 is 18.1 Å². The fourth-order valence-corrected chi connectivity index (χ4v) is 4.14. The second kappa shape index (κ2) is 11.0. The Morgan fingerprint density at radius 1 is 1.35 bits per heavy atom. The molecule has 1 unspecified atom stereocenters. The van der Waals surface area contributed by atoms with Crippen LogP contribution in [0.25, 0.3) is 0 Å². The van der Waals surface area contributed by atoms with Gasteiger partial charge in [0, 0.05) is 35.3 Å². The summed E-state index contributed by atoms with van der Waals surface area (Å²) in [6.45, 7) is 1.96. The maximum atomic E-state index is 12.5. The number of nitrogens with zero attached hydrogens (tertiary/aromatic N) is 3. The Morgan fingerprint density at radius 2 is 2.12 bits per heavy atom. The topological polar surface area (TPSA) is 83.9 Å². The predicted octanol–water partition coefficient (Wildman–Crippen LogP) is 3.95. The minimum Gasteiger partial charge on any atom is -0.463 e. The Hall–Kier alpha value is -2.99. The maximum absolute atomic E-state index is 12.5. The van der Waals surface area contributed by atoms with Crippen LogP contribution in [-0.2, 0) is 14.3 Å². The Balaban J connectivity index is 0.000000343. The third kappa shape index (κ3) is 6.32. The van der Waals surface area contributed by atoms with Crippen LogP contribution in [0.15, 0.2) is 52.1 Å². The number of hydrogen-bond acceptors (Lipinski definition) is 7. The van der Waals surface area contributed by atoms with E-state index < -0.39 is 24.1 Å². The van der Waals surface area contributed by atoms with E-state index >= 15 is 0 Å². The first-order valence-electron chi connectivity index (χ1n) is 9.99. The molecule has 1 fully saturated rings. The van der Waals surface area contributed by atoms with E-state index in [-0.39, 0.29) is 37.5 Å². The first-order chi connectivity index (χ1) is 16.1. The normalized spacial score (nSPS) is 17.4. The van der Waals surface area contributed by atoms with Crippen LogP contribution in [0.3, 0.4) is 0 Å². The molecule has 3 heterocycles. The summed E-state index contributed by atoms with van der Waals surface area (Å²) >= 11 is 6.73. The van der Waals surface area contributed by atoms with Gasteiger partial charge in [-0.05, 0) is 25.1 Å². The molecule has 0 aliphatic carbocycles. The highest BCUT2D eigenvalue weighted by Gasteiger charge is 2.43. The average Bonchev–Trinajstić information content (AvgIpc) is 3.43. The molecule has 0 spiro atoms. The highest BCUT2D eigenvalue weighted by atomic mass is 35.5. The number of carbonyl (C=O) groups is 2. The lowest BCUT2D eigenvalue weighted by Crippen LogP contribution is -2.44. The van der Waals surface area contributed by atoms with Crippen LogP contribution in [0.1, 0.15) is 18.4 Å². The van der Waals surface area contributed by atoms with E-state index in [1.165, 1.54) is 23.5 Å². The number of hydrogen-bond donors (Lipinski definition) is 1. The molecule has 1 aromatic carbocycles. The monoisotopic (exact) mass is 518 g/mol. The van der Waals surface area contributed by atoms with Crippen molar-refractivity contribution in [3.63, 3.8) is 0 Å². The summed E-state index contributed by atoms with van der Waals surface area (Å²) in [6, 6.07) is 5.02. The fraction of sp³-hybridized carbons (Fsp3) is 0.333. The van der Waals surface area contributed by atoms with Crippen molar-refractivity contribution in [3.8, 4) is 0 Å². The molecule has 4 rings (SSSR count). The first kappa shape index (κ1) is 25.6. The van der Waals surface area contributed by atoms with Crippen molar-refractivity contribution in [3.05, 3.63) is 63.0 Å². The number of benzene rings is 1. The van der Waals surface area contributed by atoms with Gasteiger partial charge in [-0.25, -0.2) is 14.2 Å². The van der Waals surface area contributed by atoms with Gasteiger partial charge in [0.1, 0.15) is 5.82 Å². The van der Waals surface area contributed by atoms with Crippen LogP contribution < -0.4 is 5.32 Å². The lowest BCUT2D eigenvalue weighted by atomic mass is 10.1. The summed E-state index contributed by atoms with van der Waals surface area (Å²) in [5.41, 5.74) is 0.798. The van der Waals surface area contributed by atoms with Gasteiger partial charge in [-0.2, -0.15) is 13.2 Å². The van der Waals surface area contributed by atoms with Crippen LogP contribution in [0.4, 0.5) is 17.6 Å². The Bertz CT molecular complexity index is 1090. The molecule has 2 aliphatic heterocycles. The largest absolute Gasteiger partial charge is 0.471 e. The highest BCUT2D eigenvalue weighted by Crippen LogP contribution is 2.32. The van der Waals surface area contributed by atoms with Crippen molar-refractivity contribution < 1.29 is 31.9 Å². The molecule has 0 bridgehead atoms. The average molecular weight is 519 g/mol. The van der Waals surface area contributed by atoms with Gasteiger partial charge in [-0.3, -0.25) is 9.79 Å². The van der Waals surface area contributed by atoms with Gasteiger partial charge in [-0.1, -0.05) is 17.7 Å². The molecule has 7 nitrogen and oxygen atoms in total. The standard InChI is InChI=1S/C15H15F3N4O3S.C6H4ClF/c1-2-25-13(23)9-6-20-11(12-19-3-4-26-12)22-7-8(5-10(9)22)21-14(24)15(16,17)18;7-5-2-1-3-6(8)4-5/h3-4,8H,2,5-7H2,1H3,(H,21,24);1-4H. The summed E-state index contributed by atoms with van der Waals surface area (Å²) in [5.74, 6) is -2.38. The van der Waals surface area contributed by atoms with Crippen molar-refractivity contribution in [2.45, 2.75) is 25.6 Å². The van der Waals surface area contributed by atoms with Gasteiger partial charge in [0.15, 0.2) is 10.8 Å². The zero-order chi connectivity index (χ0) is 24.9. The van der Waals surface area contributed by atoms with E-state index in [0.29, 0.717) is 21.6 Å². The van der Waals surface area contributed by atoms with Gasteiger partial charge in [0.05, 0.1) is 24.8 Å². The second-order valence-electron chi connectivity index (χ2n) is 7.05. The van der Waals surface area contributed by atoms with Gasteiger partial charge in [0.25, 0.3) is 0 Å². The van der Waals surface area contributed by atoms with E-state index in [9.17, 15) is 27.2 Å². The van der Waals surface area contributed by atoms with E-state index in [4.69, 9.17) is 16.3 Å². The molecule has 0 radical (unpaired) electrons. The molecule has 2 aromatic rings. The quantitative estimate of drug-likeness (QED) is 0.489. The van der Waals surface area contributed by atoms with Crippen molar-refractivity contribution >= 4 is 40.6 Å². The van der Waals surface area contributed by atoms with Crippen LogP contribution in [-0.4, -0.2) is 59.5 Å². The summed E-state index contributed by atoms with van der Waals surface area (Å²) in [5, 5.41) is 4.75. The number of halogens is 5. The number of carbonyl (C=O) groups excluding carboxylic acids is 2. The molecular weight excluding hydrogens is 500 g/mol. The zero-order valence-corrected chi connectivity index (χ0v) is 19.3. The smallest absolute Gasteiger partial charge is 0.463 e. The van der Waals surface area contributed by atoms with E-state index in [1.807, 2.05) is 5.32 Å². The number of aromatic nitrogens is 1. The third-order valence-electron chi connectivity index (χ3n) is 4.68. The maximum Gasteiger partial charge on any atom is 0.471 e. The number of alkyl halides is 3. The number of amides is 1. The molecule has 1 atom stereocenters. The number of rotatable bonds is 4. The lowest BCUT2D eigenvalue weighted by Gasteiger charge is -2.26. The third-order valence-corrected chi connectivity index (χ3v) is 5.69. The molecule has 2 aliphatic rings. The zero-order valence-electron chi connectivity index (χ0n) is 17.7. The summed E-state index contributed by atoms with van der Waals surface area (Å²) in [6.07, 6.45) is -3.29. The van der Waals surface area contributed by atoms with E-state index in [0.717, 1.165) is 0 Å².